The van der Waals surface area contributed by atoms with E-state index in [-0.39, 0.29) is 16.8 Å². The van der Waals surface area contributed by atoms with E-state index in [0.717, 1.165) is 5.69 Å². The maximum atomic E-state index is 11.5. The quantitative estimate of drug-likeness (QED) is 0.870. The summed E-state index contributed by atoms with van der Waals surface area (Å²) in [5, 5.41) is 21.2. The van der Waals surface area contributed by atoms with E-state index in [2.05, 4.69) is 15.5 Å². The summed E-state index contributed by atoms with van der Waals surface area (Å²) >= 11 is 2.61. The number of aliphatic hydroxyl groups is 1. The van der Waals surface area contributed by atoms with Gasteiger partial charge in [0.2, 0.25) is 5.13 Å². The third kappa shape index (κ3) is 3.73. The first-order valence-corrected chi connectivity index (χ1v) is 9.74. The van der Waals surface area contributed by atoms with Gasteiger partial charge >= 0.3 is 0 Å². The lowest BCUT2D eigenvalue weighted by molar-refractivity contribution is 0.207. The molecule has 1 aliphatic rings. The van der Waals surface area contributed by atoms with E-state index in [1.54, 1.807) is 0 Å². The molecule has 0 saturated carbocycles. The van der Waals surface area contributed by atoms with Crippen LogP contribution in [0, 0.1) is 0 Å². The molecule has 0 aliphatic carbocycles. The van der Waals surface area contributed by atoms with Gasteiger partial charge in [0, 0.05) is 5.69 Å². The van der Waals surface area contributed by atoms with Gasteiger partial charge in [-0.15, -0.1) is 10.2 Å². The van der Waals surface area contributed by atoms with E-state index in [1.807, 2.05) is 30.3 Å². The summed E-state index contributed by atoms with van der Waals surface area (Å²) in [6, 6.07) is 9.59. The summed E-state index contributed by atoms with van der Waals surface area (Å²) in [6.45, 7) is 0. The number of anilines is 2. The Morgan fingerprint density at radius 2 is 2.00 bits per heavy atom. The van der Waals surface area contributed by atoms with Gasteiger partial charge in [-0.25, -0.2) is 8.42 Å². The molecule has 6 nitrogen and oxygen atoms in total. The first-order valence-electron chi connectivity index (χ1n) is 6.22. The van der Waals surface area contributed by atoms with Crippen LogP contribution >= 0.6 is 23.1 Å². The van der Waals surface area contributed by atoms with Crippen molar-refractivity contribution in [3.05, 3.63) is 30.3 Å². The Balaban J connectivity index is 1.66. The molecular weight excluding hydrogens is 330 g/mol. The molecule has 0 amide bonds. The minimum atomic E-state index is -3.14. The predicted molar refractivity (Wildman–Crippen MR) is 83.9 cm³/mol. The molecule has 1 aliphatic heterocycles. The molecule has 2 N–H and O–H groups in total. The lowest BCUT2D eigenvalue weighted by atomic mass is 10.3. The molecule has 1 fully saturated rings. The molecule has 0 spiro atoms. The molecule has 2 atom stereocenters. The van der Waals surface area contributed by atoms with Crippen LogP contribution in [0.2, 0.25) is 0 Å². The Kier molecular flexibility index (Phi) is 4.16. The molecule has 0 bridgehead atoms. The molecule has 1 aromatic carbocycles. The molecule has 2 heterocycles. The van der Waals surface area contributed by atoms with Crippen LogP contribution in [0.5, 0.6) is 0 Å². The topological polar surface area (TPSA) is 92.2 Å². The van der Waals surface area contributed by atoms with Crippen molar-refractivity contribution in [2.45, 2.75) is 15.7 Å². The van der Waals surface area contributed by atoms with Gasteiger partial charge in [-0.3, -0.25) is 0 Å². The van der Waals surface area contributed by atoms with Gasteiger partial charge in [-0.2, -0.15) is 0 Å². The van der Waals surface area contributed by atoms with E-state index in [1.165, 1.54) is 23.1 Å². The van der Waals surface area contributed by atoms with Crippen LogP contribution in [-0.2, 0) is 9.84 Å². The lowest BCUT2D eigenvalue weighted by Crippen LogP contribution is -2.19. The number of nitrogens with one attached hydrogen (secondary N) is 1. The fourth-order valence-electron chi connectivity index (χ4n) is 1.99. The van der Waals surface area contributed by atoms with Crippen molar-refractivity contribution >= 4 is 43.8 Å². The van der Waals surface area contributed by atoms with E-state index >= 15 is 0 Å². The second-order valence-corrected chi connectivity index (χ2v) is 9.28. The van der Waals surface area contributed by atoms with Crippen LogP contribution in [0.3, 0.4) is 0 Å². The summed E-state index contributed by atoms with van der Waals surface area (Å²) in [4.78, 5) is 0. The number of sulfone groups is 1. The highest BCUT2D eigenvalue weighted by molar-refractivity contribution is 8.03. The fourth-order valence-corrected chi connectivity index (χ4v) is 6.52. The number of benzene rings is 1. The van der Waals surface area contributed by atoms with Gasteiger partial charge in [0.05, 0.1) is 22.9 Å². The highest BCUT2D eigenvalue weighted by atomic mass is 32.2. The lowest BCUT2D eigenvalue weighted by Gasteiger charge is -2.08. The predicted octanol–water partition coefficient (Wildman–Crippen LogP) is 1.53. The number of hydrogen-bond donors (Lipinski definition) is 2. The summed E-state index contributed by atoms with van der Waals surface area (Å²) < 4.78 is 23.6. The molecule has 1 saturated heterocycles. The van der Waals surface area contributed by atoms with Crippen molar-refractivity contribution in [1.29, 1.82) is 0 Å². The number of hydrogen-bond acceptors (Lipinski definition) is 8. The molecule has 0 radical (unpaired) electrons. The van der Waals surface area contributed by atoms with Gasteiger partial charge in [0.1, 0.15) is 0 Å². The fraction of sp³-hybridized carbons (Fsp3) is 0.333. The average Bonchev–Trinajstić information content (AvgIpc) is 2.95. The van der Waals surface area contributed by atoms with Crippen molar-refractivity contribution in [3.8, 4) is 0 Å². The summed E-state index contributed by atoms with van der Waals surface area (Å²) in [6.07, 6.45) is -0.838. The molecule has 112 valence electrons. The van der Waals surface area contributed by atoms with Crippen LogP contribution in [0.25, 0.3) is 0 Å². The van der Waals surface area contributed by atoms with Crippen LogP contribution in [0.15, 0.2) is 34.7 Å². The minimum absolute atomic E-state index is 0.0140. The average molecular weight is 343 g/mol. The number of rotatable bonds is 4. The summed E-state index contributed by atoms with van der Waals surface area (Å²) in [5.74, 6) is -0.182. The summed E-state index contributed by atoms with van der Waals surface area (Å²) in [5.41, 5.74) is 0.911. The maximum Gasteiger partial charge on any atom is 0.210 e. The zero-order valence-electron chi connectivity index (χ0n) is 10.8. The normalized spacial score (nSPS) is 24.0. The van der Waals surface area contributed by atoms with Gasteiger partial charge in [0.25, 0.3) is 0 Å². The number of para-hydroxylation sites is 1. The Morgan fingerprint density at radius 1 is 1.24 bits per heavy atom. The van der Waals surface area contributed by atoms with E-state index in [9.17, 15) is 13.5 Å². The van der Waals surface area contributed by atoms with Crippen LogP contribution < -0.4 is 5.32 Å². The van der Waals surface area contributed by atoms with Crippen molar-refractivity contribution in [2.75, 3.05) is 16.8 Å². The molecule has 3 rings (SSSR count). The first kappa shape index (κ1) is 14.8. The largest absolute Gasteiger partial charge is 0.391 e. The van der Waals surface area contributed by atoms with Crippen LogP contribution in [0.4, 0.5) is 10.8 Å². The minimum Gasteiger partial charge on any atom is -0.391 e. The van der Waals surface area contributed by atoms with Gasteiger partial charge in [-0.05, 0) is 12.1 Å². The molecule has 9 heteroatoms. The van der Waals surface area contributed by atoms with E-state index < -0.39 is 15.9 Å². The van der Waals surface area contributed by atoms with Crippen LogP contribution in [-0.4, -0.2) is 46.6 Å². The molecule has 0 unspecified atom stereocenters. The zero-order valence-corrected chi connectivity index (χ0v) is 13.3. The van der Waals surface area contributed by atoms with Gasteiger partial charge in [-0.1, -0.05) is 41.3 Å². The SMILES string of the molecule is O=S1(=O)C[C@@H](O)[C@@H](Sc2nnc(Nc3ccccc3)s2)C1. The standard InChI is InChI=1S/C12H13N3O3S3/c16-9-6-21(17,18)7-10(9)19-12-15-14-11(20-12)13-8-4-2-1-3-5-8/h1-5,9-10,16H,6-7H2,(H,13,14)/t9-,10+/m1/s1. The highest BCUT2D eigenvalue weighted by Gasteiger charge is 2.37. The Bertz CT molecular complexity index is 718. The second-order valence-electron chi connectivity index (χ2n) is 4.66. The molecular formula is C12H13N3O3S3. The van der Waals surface area contributed by atoms with E-state index in [4.69, 9.17) is 0 Å². The molecule has 1 aromatic heterocycles. The van der Waals surface area contributed by atoms with Crippen LogP contribution in [0.1, 0.15) is 0 Å². The Labute approximate surface area is 130 Å². The Hall–Kier alpha value is -1.16. The maximum absolute atomic E-state index is 11.5. The van der Waals surface area contributed by atoms with E-state index in [0.29, 0.717) is 9.47 Å². The first-order chi connectivity index (χ1) is 10.0. The van der Waals surface area contributed by atoms with Crippen molar-refractivity contribution in [1.82, 2.24) is 10.2 Å². The zero-order chi connectivity index (χ0) is 14.9. The molecule has 2 aromatic rings. The summed E-state index contributed by atoms with van der Waals surface area (Å²) in [7, 11) is -3.14. The van der Waals surface area contributed by atoms with Crippen molar-refractivity contribution in [3.63, 3.8) is 0 Å². The monoisotopic (exact) mass is 343 g/mol. The number of nitrogens with zero attached hydrogens (tertiary/aromatic N) is 2. The molecule has 21 heavy (non-hydrogen) atoms. The van der Waals surface area contributed by atoms with Gasteiger partial charge in [0.15, 0.2) is 14.2 Å². The van der Waals surface area contributed by atoms with Crippen molar-refractivity contribution in [2.24, 2.45) is 0 Å². The van der Waals surface area contributed by atoms with Gasteiger partial charge < -0.3 is 10.4 Å². The third-order valence-corrected chi connectivity index (χ3v) is 7.12. The Morgan fingerprint density at radius 3 is 2.67 bits per heavy atom. The second kappa shape index (κ2) is 5.91. The number of thioether (sulfide) groups is 1. The third-order valence-electron chi connectivity index (χ3n) is 2.96. The number of aliphatic hydroxyl groups excluding tert-OH is 1. The number of aromatic nitrogens is 2. The highest BCUT2D eigenvalue weighted by Crippen LogP contribution is 2.34. The smallest absolute Gasteiger partial charge is 0.210 e. The van der Waals surface area contributed by atoms with Crippen molar-refractivity contribution < 1.29 is 13.5 Å².